The summed E-state index contributed by atoms with van der Waals surface area (Å²) in [6, 6.07) is 15.1. The lowest BCUT2D eigenvalue weighted by Crippen LogP contribution is -2.23. The Kier molecular flexibility index (Phi) is 5.52. The molecule has 0 fully saturated rings. The van der Waals surface area contributed by atoms with Gasteiger partial charge in [-0.25, -0.2) is 0 Å². The van der Waals surface area contributed by atoms with Crippen LogP contribution in [-0.2, 0) is 4.79 Å². The van der Waals surface area contributed by atoms with Gasteiger partial charge in [-0.3, -0.25) is 4.79 Å². The Morgan fingerprint density at radius 2 is 2.00 bits per heavy atom. The third kappa shape index (κ3) is 4.20. The number of aromatic nitrogens is 4. The first kappa shape index (κ1) is 17.9. The van der Waals surface area contributed by atoms with E-state index >= 15 is 0 Å². The highest BCUT2D eigenvalue weighted by Gasteiger charge is 2.19. The minimum Gasteiger partial charge on any atom is -0.497 e. The minimum absolute atomic E-state index is 0.107. The smallest absolute Gasteiger partial charge is 0.237 e. The Hall–Kier alpha value is -2.87. The highest BCUT2D eigenvalue weighted by Crippen LogP contribution is 2.25. The van der Waals surface area contributed by atoms with Crippen LogP contribution in [0.25, 0.3) is 5.69 Å². The van der Waals surface area contributed by atoms with E-state index in [1.807, 2.05) is 62.4 Å². The first-order chi connectivity index (χ1) is 12.6. The zero-order chi connectivity index (χ0) is 18.5. The van der Waals surface area contributed by atoms with Crippen molar-refractivity contribution >= 4 is 23.4 Å². The van der Waals surface area contributed by atoms with Crippen LogP contribution in [0.5, 0.6) is 5.75 Å². The molecule has 1 atom stereocenters. The normalized spacial score (nSPS) is 11.8. The average molecular weight is 369 g/mol. The van der Waals surface area contributed by atoms with Gasteiger partial charge in [-0.1, -0.05) is 23.9 Å². The minimum atomic E-state index is -0.362. The monoisotopic (exact) mass is 369 g/mol. The number of aryl methyl sites for hydroxylation is 1. The number of benzene rings is 2. The SMILES string of the molecule is COc1ccc(-n2nnnc2S[C@@H](C)C(=O)Nc2cccc(C)c2)cc1. The predicted octanol–water partition coefficient (Wildman–Crippen LogP) is 3.10. The van der Waals surface area contributed by atoms with Gasteiger partial charge in [-0.15, -0.1) is 5.10 Å². The Balaban J connectivity index is 1.70. The van der Waals surface area contributed by atoms with Gasteiger partial charge < -0.3 is 10.1 Å². The Morgan fingerprint density at radius 3 is 2.69 bits per heavy atom. The Labute approximate surface area is 155 Å². The van der Waals surface area contributed by atoms with Crippen molar-refractivity contribution in [2.24, 2.45) is 0 Å². The molecule has 0 saturated heterocycles. The van der Waals surface area contributed by atoms with Crippen molar-refractivity contribution < 1.29 is 9.53 Å². The van der Waals surface area contributed by atoms with Crippen molar-refractivity contribution in [2.45, 2.75) is 24.3 Å². The molecule has 2 aromatic carbocycles. The third-order valence-electron chi connectivity index (χ3n) is 3.69. The van der Waals surface area contributed by atoms with Crippen LogP contribution in [0.2, 0.25) is 0 Å². The molecule has 0 aliphatic carbocycles. The van der Waals surface area contributed by atoms with Gasteiger partial charge in [0.15, 0.2) is 0 Å². The molecule has 7 nitrogen and oxygen atoms in total. The van der Waals surface area contributed by atoms with E-state index in [2.05, 4.69) is 20.8 Å². The van der Waals surface area contributed by atoms with Crippen LogP contribution in [0.3, 0.4) is 0 Å². The van der Waals surface area contributed by atoms with E-state index in [0.29, 0.717) is 5.16 Å². The number of anilines is 1. The fourth-order valence-corrected chi connectivity index (χ4v) is 3.12. The van der Waals surface area contributed by atoms with Gasteiger partial charge in [0.2, 0.25) is 11.1 Å². The number of amides is 1. The molecule has 26 heavy (non-hydrogen) atoms. The molecule has 0 bridgehead atoms. The number of thioether (sulfide) groups is 1. The lowest BCUT2D eigenvalue weighted by atomic mass is 10.2. The van der Waals surface area contributed by atoms with Crippen molar-refractivity contribution in [1.29, 1.82) is 0 Å². The van der Waals surface area contributed by atoms with Gasteiger partial charge in [0, 0.05) is 5.69 Å². The van der Waals surface area contributed by atoms with Crippen molar-refractivity contribution in [3.8, 4) is 11.4 Å². The molecule has 0 spiro atoms. The van der Waals surface area contributed by atoms with Crippen LogP contribution in [0.15, 0.2) is 53.7 Å². The summed E-state index contributed by atoms with van der Waals surface area (Å²) in [6.45, 7) is 3.81. The second-order valence-corrected chi connectivity index (χ2v) is 7.00. The number of nitrogens with one attached hydrogen (secondary N) is 1. The molecule has 3 aromatic rings. The molecule has 1 aromatic heterocycles. The van der Waals surface area contributed by atoms with Gasteiger partial charge in [-0.05, 0) is 66.2 Å². The van der Waals surface area contributed by atoms with Crippen LogP contribution in [0, 0.1) is 6.92 Å². The van der Waals surface area contributed by atoms with Crippen LogP contribution in [0.1, 0.15) is 12.5 Å². The lowest BCUT2D eigenvalue weighted by molar-refractivity contribution is -0.115. The summed E-state index contributed by atoms with van der Waals surface area (Å²) in [5.41, 5.74) is 2.66. The van der Waals surface area contributed by atoms with E-state index in [1.165, 1.54) is 11.8 Å². The van der Waals surface area contributed by atoms with E-state index in [4.69, 9.17) is 4.74 Å². The number of tetrazole rings is 1. The summed E-state index contributed by atoms with van der Waals surface area (Å²) in [5, 5.41) is 14.9. The zero-order valence-electron chi connectivity index (χ0n) is 14.7. The Bertz CT molecular complexity index is 895. The largest absolute Gasteiger partial charge is 0.497 e. The second kappa shape index (κ2) is 8.01. The summed E-state index contributed by atoms with van der Waals surface area (Å²) in [6.07, 6.45) is 0. The van der Waals surface area contributed by atoms with E-state index in [1.54, 1.807) is 11.8 Å². The predicted molar refractivity (Wildman–Crippen MR) is 101 cm³/mol. The average Bonchev–Trinajstić information content (AvgIpc) is 3.10. The van der Waals surface area contributed by atoms with Gasteiger partial charge in [0.1, 0.15) is 5.75 Å². The first-order valence-corrected chi connectivity index (χ1v) is 8.92. The van der Waals surface area contributed by atoms with Crippen LogP contribution < -0.4 is 10.1 Å². The van der Waals surface area contributed by atoms with Gasteiger partial charge in [0.05, 0.1) is 18.0 Å². The Morgan fingerprint density at radius 1 is 1.23 bits per heavy atom. The molecular weight excluding hydrogens is 350 g/mol. The maximum Gasteiger partial charge on any atom is 0.237 e. The molecule has 0 unspecified atom stereocenters. The second-order valence-electron chi connectivity index (χ2n) is 5.69. The van der Waals surface area contributed by atoms with E-state index < -0.39 is 0 Å². The fourth-order valence-electron chi connectivity index (χ4n) is 2.32. The van der Waals surface area contributed by atoms with Gasteiger partial charge >= 0.3 is 0 Å². The van der Waals surface area contributed by atoms with Crippen molar-refractivity contribution in [1.82, 2.24) is 20.2 Å². The standard InChI is InChI=1S/C18H19N5O2S/c1-12-5-4-6-14(11-12)19-17(24)13(2)26-18-20-21-22-23(18)15-7-9-16(25-3)10-8-15/h4-11,13H,1-3H3,(H,19,24)/t13-/m0/s1. The first-order valence-electron chi connectivity index (χ1n) is 8.04. The number of rotatable bonds is 6. The van der Waals surface area contributed by atoms with Crippen molar-refractivity contribution in [2.75, 3.05) is 12.4 Å². The quantitative estimate of drug-likeness (QED) is 0.673. The van der Waals surface area contributed by atoms with Crippen LogP contribution >= 0.6 is 11.8 Å². The molecule has 1 amide bonds. The molecule has 0 aliphatic rings. The van der Waals surface area contributed by atoms with Gasteiger partial charge in [-0.2, -0.15) is 4.68 Å². The number of methoxy groups -OCH3 is 1. The zero-order valence-corrected chi connectivity index (χ0v) is 15.5. The molecule has 0 aliphatic heterocycles. The summed E-state index contributed by atoms with van der Waals surface area (Å²) in [5.74, 6) is 0.645. The summed E-state index contributed by atoms with van der Waals surface area (Å²) in [7, 11) is 1.61. The number of hydrogen-bond donors (Lipinski definition) is 1. The van der Waals surface area contributed by atoms with Crippen LogP contribution in [0.4, 0.5) is 5.69 Å². The molecule has 8 heteroatoms. The van der Waals surface area contributed by atoms with E-state index in [9.17, 15) is 4.79 Å². The summed E-state index contributed by atoms with van der Waals surface area (Å²) >= 11 is 1.30. The third-order valence-corrected chi connectivity index (χ3v) is 4.73. The lowest BCUT2D eigenvalue weighted by Gasteiger charge is -2.12. The highest BCUT2D eigenvalue weighted by molar-refractivity contribution is 8.00. The maximum atomic E-state index is 12.5. The highest BCUT2D eigenvalue weighted by atomic mass is 32.2. The number of carbonyl (C=O) groups excluding carboxylic acids is 1. The fraction of sp³-hybridized carbons (Fsp3) is 0.222. The van der Waals surface area contributed by atoms with Crippen molar-refractivity contribution in [3.05, 3.63) is 54.1 Å². The molecule has 3 rings (SSSR count). The van der Waals surface area contributed by atoms with Crippen LogP contribution in [-0.4, -0.2) is 38.5 Å². The maximum absolute atomic E-state index is 12.5. The molecule has 0 radical (unpaired) electrons. The van der Waals surface area contributed by atoms with Crippen molar-refractivity contribution in [3.63, 3.8) is 0 Å². The molecular formula is C18H19N5O2S. The molecule has 0 saturated carbocycles. The number of nitrogens with zero attached hydrogens (tertiary/aromatic N) is 4. The topological polar surface area (TPSA) is 81.9 Å². The molecule has 1 N–H and O–H groups in total. The molecule has 1 heterocycles. The molecule has 134 valence electrons. The van der Waals surface area contributed by atoms with E-state index in [-0.39, 0.29) is 11.2 Å². The van der Waals surface area contributed by atoms with E-state index in [0.717, 1.165) is 22.7 Å². The number of carbonyl (C=O) groups is 1. The summed E-state index contributed by atoms with van der Waals surface area (Å²) in [4.78, 5) is 12.5. The number of hydrogen-bond acceptors (Lipinski definition) is 6. The van der Waals surface area contributed by atoms with Gasteiger partial charge in [0.25, 0.3) is 0 Å². The summed E-state index contributed by atoms with van der Waals surface area (Å²) < 4.78 is 6.76. The number of ether oxygens (including phenoxy) is 1.